The number of carbonyl (C=O) groups is 1. The van der Waals surface area contributed by atoms with Gasteiger partial charge in [-0.25, -0.2) is 0 Å². The second-order valence-corrected chi connectivity index (χ2v) is 6.20. The van der Waals surface area contributed by atoms with Crippen molar-refractivity contribution < 1.29 is 9.53 Å². The van der Waals surface area contributed by atoms with Crippen molar-refractivity contribution >= 4 is 5.97 Å². The molecule has 1 N–H and O–H groups in total. The Balaban J connectivity index is 2.01. The summed E-state index contributed by atoms with van der Waals surface area (Å²) in [6.45, 7) is 2.40. The van der Waals surface area contributed by atoms with E-state index >= 15 is 0 Å². The summed E-state index contributed by atoms with van der Waals surface area (Å²) in [6, 6.07) is 0.519. The van der Waals surface area contributed by atoms with E-state index in [2.05, 4.69) is 5.32 Å². The van der Waals surface area contributed by atoms with E-state index in [0.717, 1.165) is 25.7 Å². The Bertz CT molecular complexity index is 276. The van der Waals surface area contributed by atoms with Crippen molar-refractivity contribution in [2.45, 2.75) is 89.1 Å². The average Bonchev–Trinajstić information content (AvgIpc) is 2.69. The Labute approximate surface area is 117 Å². The molecule has 0 aromatic heterocycles. The molecule has 0 radical (unpaired) electrons. The summed E-state index contributed by atoms with van der Waals surface area (Å²) in [4.78, 5) is 12.4. The molecule has 0 aliphatic heterocycles. The van der Waals surface area contributed by atoms with Gasteiger partial charge in [0.2, 0.25) is 0 Å². The number of rotatable bonds is 4. The van der Waals surface area contributed by atoms with Gasteiger partial charge in [0.15, 0.2) is 0 Å². The van der Waals surface area contributed by atoms with Crippen LogP contribution in [0.5, 0.6) is 0 Å². The summed E-state index contributed by atoms with van der Waals surface area (Å²) in [5.41, 5.74) is -0.372. The number of nitrogens with one attached hydrogen (secondary N) is 1. The number of ether oxygens (including phenoxy) is 1. The lowest BCUT2D eigenvalue weighted by Gasteiger charge is -2.38. The van der Waals surface area contributed by atoms with E-state index in [1.165, 1.54) is 44.9 Å². The Hall–Kier alpha value is -0.570. The van der Waals surface area contributed by atoms with Crippen LogP contribution in [0.25, 0.3) is 0 Å². The van der Waals surface area contributed by atoms with Gasteiger partial charge in [0.25, 0.3) is 0 Å². The van der Waals surface area contributed by atoms with Crippen LogP contribution in [0, 0.1) is 0 Å². The highest BCUT2D eigenvalue weighted by atomic mass is 16.5. The molecule has 2 fully saturated rings. The molecule has 0 unspecified atom stereocenters. The molecule has 19 heavy (non-hydrogen) atoms. The monoisotopic (exact) mass is 267 g/mol. The normalized spacial score (nSPS) is 24.7. The van der Waals surface area contributed by atoms with Crippen molar-refractivity contribution in [3.63, 3.8) is 0 Å². The molecule has 0 saturated heterocycles. The third-order valence-corrected chi connectivity index (χ3v) is 4.71. The molecule has 2 saturated carbocycles. The SMILES string of the molecule is CCOC(=O)C1(NC2CCCCCC2)CCCCC1. The topological polar surface area (TPSA) is 38.3 Å². The average molecular weight is 267 g/mol. The number of esters is 1. The molecule has 0 spiro atoms. The lowest BCUT2D eigenvalue weighted by Crippen LogP contribution is -2.57. The van der Waals surface area contributed by atoms with E-state index in [0.29, 0.717) is 12.6 Å². The van der Waals surface area contributed by atoms with Gasteiger partial charge in [0.05, 0.1) is 6.61 Å². The fraction of sp³-hybridized carbons (Fsp3) is 0.938. The first-order valence-corrected chi connectivity index (χ1v) is 8.22. The second-order valence-electron chi connectivity index (χ2n) is 6.20. The fourth-order valence-corrected chi connectivity index (χ4v) is 3.65. The highest BCUT2D eigenvalue weighted by Crippen LogP contribution is 2.31. The standard InChI is InChI=1S/C16H29NO2/c1-2-19-15(18)16(12-8-5-9-13-16)17-14-10-6-3-4-7-11-14/h14,17H,2-13H2,1H3. The van der Waals surface area contributed by atoms with Crippen molar-refractivity contribution in [3.05, 3.63) is 0 Å². The molecule has 110 valence electrons. The minimum absolute atomic E-state index is 0.000975. The maximum absolute atomic E-state index is 12.4. The lowest BCUT2D eigenvalue weighted by molar-refractivity contribution is -0.153. The predicted octanol–water partition coefficient (Wildman–Crippen LogP) is 3.56. The number of hydrogen-bond donors (Lipinski definition) is 1. The van der Waals surface area contributed by atoms with Crippen LogP contribution in [0.4, 0.5) is 0 Å². The summed E-state index contributed by atoms with van der Waals surface area (Å²) in [5.74, 6) is -0.000975. The van der Waals surface area contributed by atoms with Gasteiger partial charge >= 0.3 is 5.97 Å². The smallest absolute Gasteiger partial charge is 0.326 e. The summed E-state index contributed by atoms with van der Waals surface area (Å²) >= 11 is 0. The Morgan fingerprint density at radius 3 is 2.21 bits per heavy atom. The first-order valence-electron chi connectivity index (χ1n) is 8.22. The highest BCUT2D eigenvalue weighted by Gasteiger charge is 2.42. The molecule has 3 heteroatoms. The van der Waals surface area contributed by atoms with Gasteiger partial charge in [0, 0.05) is 6.04 Å². The van der Waals surface area contributed by atoms with Crippen LogP contribution in [-0.2, 0) is 9.53 Å². The minimum atomic E-state index is -0.372. The van der Waals surface area contributed by atoms with E-state index in [-0.39, 0.29) is 11.5 Å². The van der Waals surface area contributed by atoms with Crippen LogP contribution in [0.3, 0.4) is 0 Å². The van der Waals surface area contributed by atoms with E-state index in [1.54, 1.807) is 0 Å². The third-order valence-electron chi connectivity index (χ3n) is 4.71. The van der Waals surface area contributed by atoms with Crippen LogP contribution >= 0.6 is 0 Å². The zero-order chi connectivity index (χ0) is 13.6. The molecule has 2 rings (SSSR count). The Morgan fingerprint density at radius 1 is 1.05 bits per heavy atom. The van der Waals surface area contributed by atoms with E-state index in [4.69, 9.17) is 4.74 Å². The fourth-order valence-electron chi connectivity index (χ4n) is 3.65. The maximum Gasteiger partial charge on any atom is 0.326 e. The molecule has 0 amide bonds. The summed E-state index contributed by atoms with van der Waals surface area (Å²) in [5, 5.41) is 3.72. The summed E-state index contributed by atoms with van der Waals surface area (Å²) in [7, 11) is 0. The quantitative estimate of drug-likeness (QED) is 0.625. The van der Waals surface area contributed by atoms with Crippen molar-refractivity contribution in [3.8, 4) is 0 Å². The second kappa shape index (κ2) is 7.28. The van der Waals surface area contributed by atoms with Crippen molar-refractivity contribution in [2.24, 2.45) is 0 Å². The molecule has 0 heterocycles. The number of carbonyl (C=O) groups excluding carboxylic acids is 1. The van der Waals surface area contributed by atoms with E-state index in [1.807, 2.05) is 6.92 Å². The number of hydrogen-bond acceptors (Lipinski definition) is 3. The summed E-state index contributed by atoms with van der Waals surface area (Å²) in [6.07, 6.45) is 13.2. The third kappa shape index (κ3) is 3.95. The summed E-state index contributed by atoms with van der Waals surface area (Å²) < 4.78 is 5.36. The maximum atomic E-state index is 12.4. The minimum Gasteiger partial charge on any atom is -0.465 e. The predicted molar refractivity (Wildman–Crippen MR) is 77.1 cm³/mol. The van der Waals surface area contributed by atoms with Crippen molar-refractivity contribution in [1.29, 1.82) is 0 Å². The first kappa shape index (κ1) is 14.8. The van der Waals surface area contributed by atoms with Gasteiger partial charge in [-0.1, -0.05) is 44.9 Å². The molecule has 2 aliphatic carbocycles. The molecule has 0 aromatic carbocycles. The molecule has 0 atom stereocenters. The van der Waals surface area contributed by atoms with E-state index < -0.39 is 0 Å². The zero-order valence-corrected chi connectivity index (χ0v) is 12.4. The van der Waals surface area contributed by atoms with Crippen LogP contribution in [-0.4, -0.2) is 24.2 Å². The van der Waals surface area contributed by atoms with Crippen molar-refractivity contribution in [2.75, 3.05) is 6.61 Å². The van der Waals surface area contributed by atoms with Gasteiger partial charge < -0.3 is 4.74 Å². The molecule has 2 aliphatic rings. The van der Waals surface area contributed by atoms with Crippen LogP contribution in [0.1, 0.15) is 77.6 Å². The molecular weight excluding hydrogens is 238 g/mol. The van der Waals surface area contributed by atoms with Gasteiger partial charge in [-0.3, -0.25) is 10.1 Å². The molecule has 0 bridgehead atoms. The van der Waals surface area contributed by atoms with Crippen LogP contribution in [0.2, 0.25) is 0 Å². The van der Waals surface area contributed by atoms with Crippen LogP contribution in [0.15, 0.2) is 0 Å². The van der Waals surface area contributed by atoms with Crippen molar-refractivity contribution in [1.82, 2.24) is 5.32 Å². The molecular formula is C16H29NO2. The van der Waals surface area contributed by atoms with Gasteiger partial charge in [-0.2, -0.15) is 0 Å². The van der Waals surface area contributed by atoms with Gasteiger partial charge in [0.1, 0.15) is 5.54 Å². The Kier molecular flexibility index (Phi) is 5.68. The van der Waals surface area contributed by atoms with Gasteiger partial charge in [-0.15, -0.1) is 0 Å². The lowest BCUT2D eigenvalue weighted by atomic mass is 9.80. The van der Waals surface area contributed by atoms with Gasteiger partial charge in [-0.05, 0) is 32.6 Å². The van der Waals surface area contributed by atoms with Crippen LogP contribution < -0.4 is 5.32 Å². The highest BCUT2D eigenvalue weighted by molar-refractivity contribution is 5.81. The largest absolute Gasteiger partial charge is 0.465 e. The first-order chi connectivity index (χ1) is 9.27. The van der Waals surface area contributed by atoms with E-state index in [9.17, 15) is 4.79 Å². The molecule has 0 aromatic rings. The molecule has 3 nitrogen and oxygen atoms in total. The zero-order valence-electron chi connectivity index (χ0n) is 12.4. The Morgan fingerprint density at radius 2 is 1.63 bits per heavy atom.